The number of esters is 3. The van der Waals surface area contributed by atoms with Gasteiger partial charge in [-0.2, -0.15) is 0 Å². The molecule has 4 heterocycles. The van der Waals surface area contributed by atoms with Gasteiger partial charge in [-0.15, -0.1) is 0 Å². The van der Waals surface area contributed by atoms with Crippen molar-refractivity contribution in [2.75, 3.05) is 48.1 Å². The number of allylic oxidation sites excluding steroid dienone is 3. The number of nitrogens with zero attached hydrogens (tertiary/aromatic N) is 1. The number of fused-ring (bicyclic) bond motifs is 3. The average molecular weight is 906 g/mol. The predicted molar refractivity (Wildman–Crippen MR) is 235 cm³/mol. The average Bonchev–Trinajstić information content (AvgIpc) is 3.23. The molecule has 362 valence electrons. The zero-order valence-corrected chi connectivity index (χ0v) is 40.2. The van der Waals surface area contributed by atoms with Crippen molar-refractivity contribution in [2.45, 2.75) is 155 Å². The number of ketones is 1. The number of carbonyl (C=O) groups is 4. The van der Waals surface area contributed by atoms with Gasteiger partial charge < -0.3 is 52.1 Å². The van der Waals surface area contributed by atoms with Crippen LogP contribution < -0.4 is 0 Å². The maximum atomic E-state index is 14.3. The monoisotopic (exact) mass is 906 g/mol. The van der Waals surface area contributed by atoms with Crippen LogP contribution in [-0.4, -0.2) is 150 Å². The van der Waals surface area contributed by atoms with Gasteiger partial charge in [-0.3, -0.25) is 24.1 Å². The van der Waals surface area contributed by atoms with Crippen molar-refractivity contribution in [3.63, 3.8) is 0 Å². The highest BCUT2D eigenvalue weighted by Gasteiger charge is 2.52. The maximum Gasteiger partial charge on any atom is 0.308 e. The van der Waals surface area contributed by atoms with E-state index < -0.39 is 103 Å². The number of hydrogen-bond acceptors (Lipinski definition) is 16. The quantitative estimate of drug-likeness (QED) is 0.144. The molecule has 0 aliphatic carbocycles. The van der Waals surface area contributed by atoms with Crippen LogP contribution in [0.25, 0.3) is 0 Å². The summed E-state index contributed by atoms with van der Waals surface area (Å²) in [6.45, 7) is 16.5. The van der Waals surface area contributed by atoms with Crippen molar-refractivity contribution in [1.82, 2.24) is 4.90 Å². The largest absolute Gasteiger partial charge is 0.497 e. The molecular formula is C48H75NO15. The number of cyclic esters (lactones) is 1. The number of ether oxygens (including phenoxy) is 11. The zero-order chi connectivity index (χ0) is 47.2. The lowest BCUT2D eigenvalue weighted by Gasteiger charge is -2.48. The van der Waals surface area contributed by atoms with Gasteiger partial charge in [-0.1, -0.05) is 51.5 Å². The molecule has 0 N–H and O–H groups in total. The molecule has 2 bridgehead atoms. The van der Waals surface area contributed by atoms with Crippen LogP contribution in [0.15, 0.2) is 48.3 Å². The Morgan fingerprint density at radius 2 is 1.47 bits per heavy atom. The highest BCUT2D eigenvalue weighted by atomic mass is 16.7. The normalized spacial score (nSPS) is 40.7. The molecular weight excluding hydrogens is 831 g/mol. The second-order valence-electron chi connectivity index (χ2n) is 17.8. The molecule has 0 aromatic heterocycles. The SMILES string of the molecule is CC[C@H]1OC(=O)C[C@H]2OC/C=C/CO/C=C\[C@@H](C[C@@H](C)C(=O)/C=C/C(C)=C/[C@@H]1CO[C@@H]1OC(C)[C@H](C)[C@H](OC)C1OC)[C@H](O[C@@H]1OC(C)[C@H](OC(C)=O)C(N(C)C)C1OC(C)=O)[C@H]2C. The van der Waals surface area contributed by atoms with Crippen LogP contribution in [0.2, 0.25) is 0 Å². The first-order valence-electron chi connectivity index (χ1n) is 22.7. The fourth-order valence-electron chi connectivity index (χ4n) is 9.13. The first-order chi connectivity index (χ1) is 30.4. The van der Waals surface area contributed by atoms with E-state index in [1.807, 2.05) is 70.7 Å². The molecule has 0 amide bonds. The summed E-state index contributed by atoms with van der Waals surface area (Å²) in [5, 5.41) is 0. The smallest absolute Gasteiger partial charge is 0.308 e. The number of hydrogen-bond donors (Lipinski definition) is 0. The standard InChI is InChI=1S/C48H75NO15/c1-14-38-36(26-58-47-46(55-13)43(54-12)29(4)31(6)59-47)23-27(2)17-18-37(52)28(3)24-35-19-22-56-20-15-16-21-57-39(25-40(53)63-38)30(5)42(35)64-48-45(62-34(9)51)41(49(10)11)44(32(7)60-48)61-33(8)50/h15-19,22-23,28-32,35-36,38-39,41-48H,14,20-21,24-26H2,1-13H3/b16-15+,18-17+,22-19-,27-23+/t28-,29+,30+,31?,32?,35+,36-,38-,39-,41?,42-,43+,44+,45?,46?,47-,48+/m1/s1. The molecule has 0 saturated carbocycles. The number of likely N-dealkylation sites (N-methyl/N-ethyl adjacent to an activating group) is 1. The second kappa shape index (κ2) is 25.4. The van der Waals surface area contributed by atoms with Gasteiger partial charge in [0.2, 0.25) is 0 Å². The van der Waals surface area contributed by atoms with Gasteiger partial charge in [-0.05, 0) is 65.9 Å². The van der Waals surface area contributed by atoms with Gasteiger partial charge in [0.15, 0.2) is 24.5 Å². The van der Waals surface area contributed by atoms with Crippen LogP contribution in [0, 0.1) is 29.6 Å². The molecule has 17 atom stereocenters. The minimum absolute atomic E-state index is 0.0539. The first-order valence-corrected chi connectivity index (χ1v) is 22.7. The van der Waals surface area contributed by atoms with Crippen LogP contribution in [0.3, 0.4) is 0 Å². The fourth-order valence-corrected chi connectivity index (χ4v) is 9.13. The van der Waals surface area contributed by atoms with Crippen molar-refractivity contribution >= 4 is 23.7 Å². The Kier molecular flexibility index (Phi) is 21.1. The van der Waals surface area contributed by atoms with E-state index in [9.17, 15) is 19.2 Å². The Labute approximate surface area is 380 Å². The van der Waals surface area contributed by atoms with Gasteiger partial charge in [0.05, 0.1) is 62.5 Å². The molecule has 16 nitrogen and oxygen atoms in total. The van der Waals surface area contributed by atoms with Gasteiger partial charge >= 0.3 is 17.9 Å². The summed E-state index contributed by atoms with van der Waals surface area (Å²) in [5.41, 5.74) is 0.776. The molecule has 0 aromatic carbocycles. The number of rotatable bonds is 11. The van der Waals surface area contributed by atoms with E-state index in [1.54, 1.807) is 53.7 Å². The molecule has 16 heteroatoms. The van der Waals surface area contributed by atoms with E-state index in [-0.39, 0.29) is 50.2 Å². The van der Waals surface area contributed by atoms with Gasteiger partial charge in [0.1, 0.15) is 24.9 Å². The van der Waals surface area contributed by atoms with Crippen molar-refractivity contribution in [3.05, 3.63) is 48.3 Å². The summed E-state index contributed by atoms with van der Waals surface area (Å²) in [6, 6.07) is -0.665. The summed E-state index contributed by atoms with van der Waals surface area (Å²) in [5.74, 6) is -3.66. The summed E-state index contributed by atoms with van der Waals surface area (Å²) in [6.07, 6.45) is 5.37. The van der Waals surface area contributed by atoms with Gasteiger partial charge in [0, 0.05) is 57.7 Å². The third kappa shape index (κ3) is 14.5. The summed E-state index contributed by atoms with van der Waals surface area (Å²) in [7, 11) is 6.83. The van der Waals surface area contributed by atoms with Crippen LogP contribution in [0.4, 0.5) is 0 Å². The summed E-state index contributed by atoms with van der Waals surface area (Å²) >= 11 is 0. The number of methoxy groups -OCH3 is 2. The lowest BCUT2D eigenvalue weighted by molar-refractivity contribution is -0.307. The fraction of sp³-hybridized carbons (Fsp3) is 0.750. The van der Waals surface area contributed by atoms with Crippen LogP contribution in [0.1, 0.15) is 81.6 Å². The Morgan fingerprint density at radius 3 is 2.11 bits per heavy atom. The Morgan fingerprint density at radius 1 is 0.812 bits per heavy atom. The zero-order valence-electron chi connectivity index (χ0n) is 40.2. The maximum absolute atomic E-state index is 14.3. The van der Waals surface area contributed by atoms with Crippen LogP contribution in [0.5, 0.6) is 0 Å². The minimum Gasteiger partial charge on any atom is -0.497 e. The van der Waals surface area contributed by atoms with Crippen molar-refractivity contribution in [2.24, 2.45) is 29.6 Å². The molecule has 5 unspecified atom stereocenters. The molecule has 2 fully saturated rings. The van der Waals surface area contributed by atoms with Crippen molar-refractivity contribution in [3.8, 4) is 0 Å². The van der Waals surface area contributed by atoms with Crippen LogP contribution in [-0.2, 0) is 71.3 Å². The lowest BCUT2D eigenvalue weighted by atomic mass is 9.81. The third-order valence-electron chi connectivity index (χ3n) is 12.8. The molecule has 2 saturated heterocycles. The summed E-state index contributed by atoms with van der Waals surface area (Å²) < 4.78 is 68.2. The third-order valence-corrected chi connectivity index (χ3v) is 12.8. The topological polar surface area (TPSA) is 173 Å². The lowest BCUT2D eigenvalue weighted by Crippen LogP contribution is -2.65. The van der Waals surface area contributed by atoms with Crippen molar-refractivity contribution in [1.29, 1.82) is 0 Å². The van der Waals surface area contributed by atoms with Crippen LogP contribution >= 0.6 is 0 Å². The molecule has 0 spiro atoms. The van der Waals surface area contributed by atoms with Crippen molar-refractivity contribution < 1.29 is 71.3 Å². The molecule has 4 rings (SSSR count). The summed E-state index contributed by atoms with van der Waals surface area (Å²) in [4.78, 5) is 55.1. The first kappa shape index (κ1) is 53.1. The highest BCUT2D eigenvalue weighted by molar-refractivity contribution is 5.91. The predicted octanol–water partition coefficient (Wildman–Crippen LogP) is 5.51. The van der Waals surface area contributed by atoms with E-state index in [4.69, 9.17) is 52.1 Å². The Balaban J connectivity index is 1.77. The van der Waals surface area contributed by atoms with Gasteiger partial charge in [-0.25, -0.2) is 0 Å². The number of carbonyl (C=O) groups excluding carboxylic acids is 4. The highest BCUT2D eigenvalue weighted by Crippen LogP contribution is 2.37. The molecule has 64 heavy (non-hydrogen) atoms. The molecule has 0 aromatic rings. The van der Waals surface area contributed by atoms with E-state index in [0.717, 1.165) is 5.57 Å². The van der Waals surface area contributed by atoms with Gasteiger partial charge in [0.25, 0.3) is 0 Å². The second-order valence-corrected chi connectivity index (χ2v) is 17.8. The van der Waals surface area contributed by atoms with E-state index in [1.165, 1.54) is 13.8 Å². The Bertz CT molecular complexity index is 1650. The van der Waals surface area contributed by atoms with E-state index >= 15 is 0 Å². The molecule has 4 aliphatic rings. The molecule has 0 radical (unpaired) electrons. The van der Waals surface area contributed by atoms with E-state index in [2.05, 4.69) is 0 Å². The minimum atomic E-state index is -1.17. The Hall–Kier alpha value is -3.48. The molecule has 4 aliphatic heterocycles. The van der Waals surface area contributed by atoms with E-state index in [0.29, 0.717) is 12.8 Å².